The summed E-state index contributed by atoms with van der Waals surface area (Å²) in [6.07, 6.45) is 0.672. The van der Waals surface area contributed by atoms with E-state index in [1.54, 1.807) is 0 Å². The summed E-state index contributed by atoms with van der Waals surface area (Å²) >= 11 is 3.46. The molecule has 8 nitrogen and oxygen atoms in total. The lowest BCUT2D eigenvalue weighted by Gasteiger charge is -2.33. The van der Waals surface area contributed by atoms with Gasteiger partial charge in [-0.25, -0.2) is 4.79 Å². The van der Waals surface area contributed by atoms with Crippen LogP contribution < -0.4 is 5.32 Å². The Bertz CT molecular complexity index is 1170. The van der Waals surface area contributed by atoms with Crippen molar-refractivity contribution in [2.75, 3.05) is 18.9 Å². The van der Waals surface area contributed by atoms with E-state index in [9.17, 15) is 19.2 Å². The highest BCUT2D eigenvalue weighted by Gasteiger charge is 2.56. The molecular formula is C27H30BrN3O5. The fourth-order valence-electron chi connectivity index (χ4n) is 5.06. The van der Waals surface area contributed by atoms with Gasteiger partial charge in [0.2, 0.25) is 11.8 Å². The zero-order valence-electron chi connectivity index (χ0n) is 20.6. The third-order valence-corrected chi connectivity index (χ3v) is 7.45. The predicted octanol–water partition coefficient (Wildman–Crippen LogP) is 4.12. The molecule has 9 heteroatoms. The minimum Gasteiger partial charge on any atom is -0.445 e. The smallest absolute Gasteiger partial charge is 0.410 e. The maximum atomic E-state index is 13.9. The number of amides is 3. The van der Waals surface area contributed by atoms with Crippen LogP contribution in [-0.4, -0.2) is 59.7 Å². The molecule has 0 unspecified atom stereocenters. The molecule has 4 rings (SSSR count). The molecule has 3 amide bonds. The van der Waals surface area contributed by atoms with E-state index in [1.165, 1.54) is 16.8 Å². The number of rotatable bonds is 7. The third kappa shape index (κ3) is 4.89. The second-order valence-electron chi connectivity index (χ2n) is 9.90. The van der Waals surface area contributed by atoms with E-state index in [1.807, 2.05) is 62.4 Å². The number of hydrogen-bond donors (Lipinski definition) is 1. The average molecular weight is 556 g/mol. The summed E-state index contributed by atoms with van der Waals surface area (Å²) in [6, 6.07) is 13.2. The molecule has 190 valence electrons. The highest BCUT2D eigenvalue weighted by Crippen LogP contribution is 2.47. The van der Waals surface area contributed by atoms with Crippen LogP contribution in [-0.2, 0) is 31.1 Å². The summed E-state index contributed by atoms with van der Waals surface area (Å²) in [5.74, 6) is -0.497. The number of ether oxygens (including phenoxy) is 1. The van der Waals surface area contributed by atoms with Crippen LogP contribution in [0, 0.1) is 5.92 Å². The molecular weight excluding hydrogens is 526 g/mol. The molecule has 2 heterocycles. The van der Waals surface area contributed by atoms with Crippen LogP contribution in [0.3, 0.4) is 0 Å². The summed E-state index contributed by atoms with van der Waals surface area (Å²) < 4.78 is 6.27. The summed E-state index contributed by atoms with van der Waals surface area (Å²) in [7, 11) is 1.54. The Morgan fingerprint density at radius 2 is 1.97 bits per heavy atom. The third-order valence-electron chi connectivity index (χ3n) is 6.96. The molecule has 1 fully saturated rings. The molecule has 1 N–H and O–H groups in total. The SMILES string of the molecule is CC(C)C[C@@H](C(=O)N1C[C@]2(C[C@H]1C=O)C(=O)Nc1ccc(Br)cc12)N(C)C(=O)OCc1ccccc1. The first-order chi connectivity index (χ1) is 17.2. The van der Waals surface area contributed by atoms with Crippen molar-refractivity contribution in [2.24, 2.45) is 5.92 Å². The van der Waals surface area contributed by atoms with Crippen molar-refractivity contribution >= 4 is 45.8 Å². The quantitative estimate of drug-likeness (QED) is 0.518. The monoisotopic (exact) mass is 555 g/mol. The Kier molecular flexibility index (Phi) is 7.49. The number of carbonyl (C=O) groups excluding carboxylic acids is 4. The second kappa shape index (κ2) is 10.4. The maximum Gasteiger partial charge on any atom is 0.410 e. The van der Waals surface area contributed by atoms with Crippen molar-refractivity contribution in [3.63, 3.8) is 0 Å². The lowest BCUT2D eigenvalue weighted by Crippen LogP contribution is -2.52. The summed E-state index contributed by atoms with van der Waals surface area (Å²) in [5.41, 5.74) is 1.27. The van der Waals surface area contributed by atoms with E-state index in [4.69, 9.17) is 4.74 Å². The van der Waals surface area contributed by atoms with E-state index in [0.29, 0.717) is 12.1 Å². The summed E-state index contributed by atoms with van der Waals surface area (Å²) in [6.45, 7) is 4.07. The van der Waals surface area contributed by atoms with Crippen LogP contribution >= 0.6 is 15.9 Å². The molecule has 0 radical (unpaired) electrons. The van der Waals surface area contributed by atoms with Gasteiger partial charge in [-0.2, -0.15) is 0 Å². The zero-order chi connectivity index (χ0) is 26.0. The highest BCUT2D eigenvalue weighted by molar-refractivity contribution is 9.10. The first kappa shape index (κ1) is 25.9. The van der Waals surface area contributed by atoms with Crippen molar-refractivity contribution in [1.29, 1.82) is 0 Å². The van der Waals surface area contributed by atoms with Gasteiger partial charge in [0.1, 0.15) is 18.9 Å². The van der Waals surface area contributed by atoms with E-state index in [-0.39, 0.29) is 37.3 Å². The normalized spacial score (nSPS) is 21.3. The van der Waals surface area contributed by atoms with Gasteiger partial charge in [-0.05, 0) is 48.1 Å². The molecule has 0 aliphatic carbocycles. The number of likely N-dealkylation sites (tertiary alicyclic amines) is 1. The lowest BCUT2D eigenvalue weighted by molar-refractivity contribution is -0.139. The van der Waals surface area contributed by atoms with E-state index < -0.39 is 23.6 Å². The molecule has 2 aromatic rings. The number of fused-ring (bicyclic) bond motifs is 2. The fourth-order valence-corrected chi connectivity index (χ4v) is 5.42. The van der Waals surface area contributed by atoms with Crippen molar-refractivity contribution in [2.45, 2.75) is 50.8 Å². The molecule has 2 aliphatic heterocycles. The van der Waals surface area contributed by atoms with Gasteiger partial charge in [0.05, 0.1) is 11.5 Å². The second-order valence-corrected chi connectivity index (χ2v) is 10.8. The number of halogens is 1. The average Bonchev–Trinajstić information content (AvgIpc) is 3.39. The summed E-state index contributed by atoms with van der Waals surface area (Å²) in [4.78, 5) is 54.8. The highest BCUT2D eigenvalue weighted by atomic mass is 79.9. The van der Waals surface area contributed by atoms with Crippen LogP contribution in [0.15, 0.2) is 53.0 Å². The van der Waals surface area contributed by atoms with Gasteiger partial charge < -0.3 is 19.7 Å². The predicted molar refractivity (Wildman–Crippen MR) is 138 cm³/mol. The Morgan fingerprint density at radius 3 is 2.64 bits per heavy atom. The van der Waals surface area contributed by atoms with Crippen LogP contribution in [0.1, 0.15) is 37.8 Å². The van der Waals surface area contributed by atoms with Gasteiger partial charge in [0.25, 0.3) is 0 Å². The maximum absolute atomic E-state index is 13.9. The van der Waals surface area contributed by atoms with Gasteiger partial charge in [-0.1, -0.05) is 60.1 Å². The first-order valence-electron chi connectivity index (χ1n) is 12.0. The number of aldehydes is 1. The number of nitrogens with one attached hydrogen (secondary N) is 1. The van der Waals surface area contributed by atoms with Gasteiger partial charge in [-0.3, -0.25) is 14.5 Å². The lowest BCUT2D eigenvalue weighted by atomic mass is 9.80. The molecule has 3 atom stereocenters. The van der Waals surface area contributed by atoms with Crippen LogP contribution in [0.4, 0.5) is 10.5 Å². The molecule has 1 saturated heterocycles. The van der Waals surface area contributed by atoms with Crippen LogP contribution in [0.2, 0.25) is 0 Å². The van der Waals surface area contributed by atoms with Crippen molar-refractivity contribution in [3.05, 3.63) is 64.1 Å². The molecule has 2 aromatic carbocycles. The Hall–Kier alpha value is -3.20. The van der Waals surface area contributed by atoms with E-state index in [0.717, 1.165) is 21.9 Å². The first-order valence-corrected chi connectivity index (χ1v) is 12.8. The fraction of sp³-hybridized carbons (Fsp3) is 0.407. The number of hydrogen-bond acceptors (Lipinski definition) is 5. The number of likely N-dealkylation sites (N-methyl/N-ethyl adjacent to an activating group) is 1. The Balaban J connectivity index is 1.57. The van der Waals surface area contributed by atoms with Crippen molar-refractivity contribution < 1.29 is 23.9 Å². The number of nitrogens with zero attached hydrogens (tertiary/aromatic N) is 2. The standard InChI is InChI=1S/C27H30BrN3O5/c1-17(2)11-23(30(3)26(35)36-15-18-7-5-4-6-8-18)24(33)31-16-27(13-20(31)14-32)21-12-19(28)9-10-22(21)29-25(27)34/h4-10,12,14,17,20,23H,11,13,15-16H2,1-3H3,(H,29,34)/t20-,23-,27-/m0/s1. The summed E-state index contributed by atoms with van der Waals surface area (Å²) in [5, 5.41) is 2.90. The number of benzene rings is 2. The van der Waals surface area contributed by atoms with E-state index >= 15 is 0 Å². The molecule has 2 aliphatic rings. The topological polar surface area (TPSA) is 96.0 Å². The minimum absolute atomic E-state index is 0.0615. The molecule has 0 saturated carbocycles. The van der Waals surface area contributed by atoms with Gasteiger partial charge in [0, 0.05) is 23.8 Å². The number of carbonyl (C=O) groups is 4. The molecule has 36 heavy (non-hydrogen) atoms. The van der Waals surface area contributed by atoms with E-state index in [2.05, 4.69) is 21.2 Å². The largest absolute Gasteiger partial charge is 0.445 e. The molecule has 0 aromatic heterocycles. The molecule has 1 spiro atoms. The van der Waals surface area contributed by atoms with Gasteiger partial charge in [0.15, 0.2) is 0 Å². The van der Waals surface area contributed by atoms with Crippen LogP contribution in [0.25, 0.3) is 0 Å². The Labute approximate surface area is 219 Å². The molecule has 0 bridgehead atoms. The van der Waals surface area contributed by atoms with Gasteiger partial charge >= 0.3 is 6.09 Å². The Morgan fingerprint density at radius 1 is 1.25 bits per heavy atom. The van der Waals surface area contributed by atoms with Crippen molar-refractivity contribution in [3.8, 4) is 0 Å². The van der Waals surface area contributed by atoms with Gasteiger partial charge in [-0.15, -0.1) is 0 Å². The van der Waals surface area contributed by atoms with Crippen molar-refractivity contribution in [1.82, 2.24) is 9.80 Å². The number of anilines is 1. The zero-order valence-corrected chi connectivity index (χ0v) is 22.2. The minimum atomic E-state index is -1.02. The van der Waals surface area contributed by atoms with Crippen LogP contribution in [0.5, 0.6) is 0 Å².